The van der Waals surface area contributed by atoms with Crippen LogP contribution in [0.2, 0.25) is 0 Å². The van der Waals surface area contributed by atoms with Gasteiger partial charge >= 0.3 is 0 Å². The third-order valence-electron chi connectivity index (χ3n) is 2.70. The minimum Gasteiger partial charge on any atom is -0.294 e. The van der Waals surface area contributed by atoms with Crippen molar-refractivity contribution in [3.63, 3.8) is 0 Å². The van der Waals surface area contributed by atoms with Gasteiger partial charge in [-0.1, -0.05) is 43.7 Å². The molecule has 14 heavy (non-hydrogen) atoms. The van der Waals surface area contributed by atoms with E-state index in [-0.39, 0.29) is 17.1 Å². The first-order chi connectivity index (χ1) is 6.49. The maximum atomic E-state index is 11.9. The summed E-state index contributed by atoms with van der Waals surface area (Å²) in [5.74, 6) is 0.208. The highest BCUT2D eigenvalue weighted by Gasteiger charge is 2.34. The van der Waals surface area contributed by atoms with E-state index in [1.54, 1.807) is 6.08 Å². The number of carbonyl (C=O) groups excluding carboxylic acids is 1. The van der Waals surface area contributed by atoms with Gasteiger partial charge in [-0.2, -0.15) is 0 Å². The van der Waals surface area contributed by atoms with E-state index in [1.807, 2.05) is 32.1 Å². The summed E-state index contributed by atoms with van der Waals surface area (Å²) in [6.07, 6.45) is 9.64. The van der Waals surface area contributed by atoms with Gasteiger partial charge < -0.3 is 0 Å². The average Bonchev–Trinajstić information content (AvgIpc) is 2.02. The molecule has 0 aliphatic heterocycles. The lowest BCUT2D eigenvalue weighted by atomic mass is 9.70. The number of rotatable bonds is 2. The average molecular weight is 190 g/mol. The molecule has 1 heteroatoms. The lowest BCUT2D eigenvalue weighted by Gasteiger charge is -2.32. The molecule has 0 radical (unpaired) electrons. The Bertz CT molecular complexity index is 316. The first-order valence-electron chi connectivity index (χ1n) is 5.01. The molecule has 0 saturated heterocycles. The Morgan fingerprint density at radius 3 is 2.64 bits per heavy atom. The van der Waals surface area contributed by atoms with Gasteiger partial charge in [0.2, 0.25) is 0 Å². The van der Waals surface area contributed by atoms with Gasteiger partial charge in [-0.15, -0.1) is 0 Å². The van der Waals surface area contributed by atoms with E-state index < -0.39 is 0 Å². The monoisotopic (exact) mass is 190 g/mol. The highest BCUT2D eigenvalue weighted by atomic mass is 16.1. The fraction of sp³-hybridized carbons (Fsp3) is 0.462. The molecule has 0 aromatic rings. The maximum absolute atomic E-state index is 11.9. The Balaban J connectivity index is 3.01. The van der Waals surface area contributed by atoms with Gasteiger partial charge in [0.1, 0.15) is 0 Å². The van der Waals surface area contributed by atoms with Gasteiger partial charge in [0, 0.05) is 0 Å². The highest BCUT2D eigenvalue weighted by molar-refractivity contribution is 5.94. The van der Waals surface area contributed by atoms with Crippen LogP contribution < -0.4 is 0 Å². The highest BCUT2D eigenvalue weighted by Crippen LogP contribution is 2.37. The van der Waals surface area contributed by atoms with Gasteiger partial charge in [-0.05, 0) is 25.3 Å². The van der Waals surface area contributed by atoms with Crippen LogP contribution in [0, 0.1) is 11.3 Å². The molecule has 0 bridgehead atoms. The van der Waals surface area contributed by atoms with Crippen molar-refractivity contribution in [2.24, 2.45) is 11.3 Å². The van der Waals surface area contributed by atoms with E-state index in [1.165, 1.54) is 0 Å². The van der Waals surface area contributed by atoms with Crippen LogP contribution in [0.5, 0.6) is 0 Å². The largest absolute Gasteiger partial charge is 0.294 e. The zero-order valence-electron chi connectivity index (χ0n) is 9.37. The van der Waals surface area contributed by atoms with Crippen LogP contribution in [-0.4, -0.2) is 5.78 Å². The number of ketones is 1. The Hall–Kier alpha value is -1.11. The standard InChI is InChI=1S/C13H18O/c1-5-7-11(14)12-10(2)8-6-9-13(12,3)4/h5-9,12H,1-4H3/b7-5-. The summed E-state index contributed by atoms with van der Waals surface area (Å²) in [7, 11) is 0. The van der Waals surface area contributed by atoms with E-state index in [4.69, 9.17) is 0 Å². The molecule has 0 fully saturated rings. The van der Waals surface area contributed by atoms with E-state index in [9.17, 15) is 4.79 Å². The van der Waals surface area contributed by atoms with E-state index in [2.05, 4.69) is 19.9 Å². The molecule has 1 rings (SSSR count). The quantitative estimate of drug-likeness (QED) is 0.611. The van der Waals surface area contributed by atoms with Gasteiger partial charge in [0.05, 0.1) is 5.92 Å². The number of hydrogen-bond donors (Lipinski definition) is 0. The predicted octanol–water partition coefficient (Wildman–Crippen LogP) is 3.29. The summed E-state index contributed by atoms with van der Waals surface area (Å²) in [6, 6.07) is 0. The van der Waals surface area contributed by atoms with Crippen LogP contribution >= 0.6 is 0 Å². The van der Waals surface area contributed by atoms with Crippen molar-refractivity contribution < 1.29 is 4.79 Å². The minimum absolute atomic E-state index is 0.00343. The van der Waals surface area contributed by atoms with Gasteiger partial charge in [-0.3, -0.25) is 4.79 Å². The molecule has 76 valence electrons. The summed E-state index contributed by atoms with van der Waals surface area (Å²) in [6.45, 7) is 8.11. The molecule has 0 N–H and O–H groups in total. The second kappa shape index (κ2) is 3.95. The van der Waals surface area contributed by atoms with Crippen molar-refractivity contribution in [2.75, 3.05) is 0 Å². The Morgan fingerprint density at radius 1 is 1.50 bits per heavy atom. The maximum Gasteiger partial charge on any atom is 0.163 e. The molecule has 1 atom stereocenters. The lowest BCUT2D eigenvalue weighted by molar-refractivity contribution is -0.119. The molecule has 0 amide bonds. The number of hydrogen-bond acceptors (Lipinski definition) is 1. The molecule has 0 aromatic heterocycles. The first kappa shape index (κ1) is 11.0. The van der Waals surface area contributed by atoms with Gasteiger partial charge in [0.25, 0.3) is 0 Å². The van der Waals surface area contributed by atoms with Gasteiger partial charge in [0.15, 0.2) is 5.78 Å². The summed E-state index contributed by atoms with van der Waals surface area (Å²) in [5, 5.41) is 0. The smallest absolute Gasteiger partial charge is 0.163 e. The van der Waals surface area contributed by atoms with Crippen LogP contribution in [0.4, 0.5) is 0 Å². The summed E-state index contributed by atoms with van der Waals surface area (Å²) in [4.78, 5) is 11.9. The molecule has 0 spiro atoms. The molecular weight excluding hydrogens is 172 g/mol. The molecule has 1 aliphatic carbocycles. The van der Waals surface area contributed by atoms with Gasteiger partial charge in [-0.25, -0.2) is 0 Å². The van der Waals surface area contributed by atoms with Crippen molar-refractivity contribution in [1.29, 1.82) is 0 Å². The van der Waals surface area contributed by atoms with Crippen LogP contribution in [-0.2, 0) is 4.79 Å². The molecule has 1 unspecified atom stereocenters. The van der Waals surface area contributed by atoms with Crippen molar-refractivity contribution in [3.05, 3.63) is 36.0 Å². The minimum atomic E-state index is -0.0601. The summed E-state index contributed by atoms with van der Waals surface area (Å²) < 4.78 is 0. The van der Waals surface area contributed by atoms with E-state index in [0.29, 0.717) is 0 Å². The lowest BCUT2D eigenvalue weighted by Crippen LogP contribution is -2.31. The SMILES string of the molecule is C/C=C\C(=O)C1C(C)=CC=CC1(C)C. The molecular formula is C13H18O. The normalized spacial score (nSPS) is 25.1. The van der Waals surface area contributed by atoms with Crippen molar-refractivity contribution in [2.45, 2.75) is 27.7 Å². The Labute approximate surface area is 86.2 Å². The second-order valence-corrected chi connectivity index (χ2v) is 4.43. The fourth-order valence-corrected chi connectivity index (χ4v) is 2.08. The third kappa shape index (κ3) is 2.03. The molecule has 0 aromatic carbocycles. The molecule has 0 saturated carbocycles. The first-order valence-corrected chi connectivity index (χ1v) is 5.01. The van der Waals surface area contributed by atoms with Crippen molar-refractivity contribution in [3.8, 4) is 0 Å². The van der Waals surface area contributed by atoms with Crippen molar-refractivity contribution in [1.82, 2.24) is 0 Å². The van der Waals surface area contributed by atoms with Crippen LogP contribution in [0.25, 0.3) is 0 Å². The summed E-state index contributed by atoms with van der Waals surface area (Å²) >= 11 is 0. The van der Waals surface area contributed by atoms with Crippen LogP contribution in [0.3, 0.4) is 0 Å². The molecule has 1 nitrogen and oxygen atoms in total. The summed E-state index contributed by atoms with van der Waals surface area (Å²) in [5.41, 5.74) is 1.09. The fourth-order valence-electron chi connectivity index (χ4n) is 2.08. The number of allylic oxidation sites excluding steroid dienone is 6. The Kier molecular flexibility index (Phi) is 3.10. The Morgan fingerprint density at radius 2 is 2.14 bits per heavy atom. The topological polar surface area (TPSA) is 17.1 Å². The van der Waals surface area contributed by atoms with E-state index in [0.717, 1.165) is 5.57 Å². The second-order valence-electron chi connectivity index (χ2n) is 4.43. The molecule has 0 heterocycles. The zero-order chi connectivity index (χ0) is 10.8. The predicted molar refractivity (Wildman–Crippen MR) is 60.0 cm³/mol. The molecule has 1 aliphatic rings. The number of carbonyl (C=O) groups is 1. The zero-order valence-corrected chi connectivity index (χ0v) is 9.37. The van der Waals surface area contributed by atoms with E-state index >= 15 is 0 Å². The van der Waals surface area contributed by atoms with Crippen LogP contribution in [0.1, 0.15) is 27.7 Å². The van der Waals surface area contributed by atoms with Crippen LogP contribution in [0.15, 0.2) is 36.0 Å². The third-order valence-corrected chi connectivity index (χ3v) is 2.70. The van der Waals surface area contributed by atoms with Crippen molar-refractivity contribution >= 4 is 5.78 Å².